The fraction of sp³-hybridized carbons (Fsp3) is 0.312. The summed E-state index contributed by atoms with van der Waals surface area (Å²) in [6.45, 7) is 5.28. The number of hydrogen-bond acceptors (Lipinski definition) is 6. The van der Waals surface area contributed by atoms with Crippen LogP contribution >= 0.6 is 22.9 Å². The first-order chi connectivity index (χ1) is 10.7. The van der Waals surface area contributed by atoms with Crippen molar-refractivity contribution in [3.8, 4) is 11.4 Å². The van der Waals surface area contributed by atoms with E-state index >= 15 is 0 Å². The Labute approximate surface area is 138 Å². The summed E-state index contributed by atoms with van der Waals surface area (Å²) in [5.41, 5.74) is 1.06. The molecule has 2 aromatic heterocycles. The SMILES string of the molecule is CC(C)N(CCc1nccs1)c1nc(-c2ccccc2)ns1. The maximum absolute atomic E-state index is 4.72. The van der Waals surface area contributed by atoms with Crippen molar-refractivity contribution in [2.24, 2.45) is 0 Å². The molecule has 0 radical (unpaired) electrons. The number of hydrogen-bond donors (Lipinski definition) is 0. The Morgan fingerprint density at radius 1 is 1.18 bits per heavy atom. The van der Waals surface area contributed by atoms with Crippen LogP contribution in [0.5, 0.6) is 0 Å². The van der Waals surface area contributed by atoms with Crippen LogP contribution in [0.25, 0.3) is 11.4 Å². The molecule has 114 valence electrons. The van der Waals surface area contributed by atoms with Gasteiger partial charge in [0.05, 0.1) is 5.01 Å². The van der Waals surface area contributed by atoms with Crippen LogP contribution in [0.2, 0.25) is 0 Å². The average molecular weight is 330 g/mol. The van der Waals surface area contributed by atoms with Gasteiger partial charge in [-0.3, -0.25) is 0 Å². The third-order valence-corrected chi connectivity index (χ3v) is 4.96. The van der Waals surface area contributed by atoms with Crippen molar-refractivity contribution in [1.82, 2.24) is 14.3 Å². The van der Waals surface area contributed by atoms with E-state index in [2.05, 4.69) is 28.1 Å². The molecule has 0 saturated carbocycles. The molecule has 22 heavy (non-hydrogen) atoms. The minimum atomic E-state index is 0.386. The summed E-state index contributed by atoms with van der Waals surface area (Å²) in [7, 11) is 0. The Balaban J connectivity index is 1.76. The molecule has 0 unspecified atom stereocenters. The summed E-state index contributed by atoms with van der Waals surface area (Å²) in [6, 6.07) is 10.5. The van der Waals surface area contributed by atoms with Gasteiger partial charge in [-0.15, -0.1) is 11.3 Å². The van der Waals surface area contributed by atoms with E-state index in [0.717, 1.165) is 29.5 Å². The van der Waals surface area contributed by atoms with Gasteiger partial charge in [0.25, 0.3) is 0 Å². The van der Waals surface area contributed by atoms with Crippen molar-refractivity contribution in [1.29, 1.82) is 0 Å². The van der Waals surface area contributed by atoms with Crippen molar-refractivity contribution < 1.29 is 0 Å². The number of aromatic nitrogens is 3. The van der Waals surface area contributed by atoms with E-state index in [1.54, 1.807) is 11.3 Å². The normalized spacial score (nSPS) is 11.0. The third kappa shape index (κ3) is 3.51. The summed E-state index contributed by atoms with van der Waals surface area (Å²) in [6.07, 6.45) is 2.80. The van der Waals surface area contributed by atoms with Gasteiger partial charge in [0, 0.05) is 47.7 Å². The second kappa shape index (κ2) is 6.98. The second-order valence-corrected chi connectivity index (χ2v) is 6.94. The predicted molar refractivity (Wildman–Crippen MR) is 93.6 cm³/mol. The highest BCUT2D eigenvalue weighted by molar-refractivity contribution is 7.10. The highest BCUT2D eigenvalue weighted by atomic mass is 32.1. The lowest BCUT2D eigenvalue weighted by Crippen LogP contribution is -2.32. The third-order valence-electron chi connectivity index (χ3n) is 3.37. The quantitative estimate of drug-likeness (QED) is 0.682. The topological polar surface area (TPSA) is 41.9 Å². The largest absolute Gasteiger partial charge is 0.344 e. The molecule has 0 aliphatic carbocycles. The van der Waals surface area contributed by atoms with Crippen molar-refractivity contribution in [2.45, 2.75) is 26.3 Å². The van der Waals surface area contributed by atoms with Gasteiger partial charge in [-0.2, -0.15) is 9.36 Å². The first-order valence-corrected chi connectivity index (χ1v) is 8.93. The van der Waals surface area contributed by atoms with E-state index in [9.17, 15) is 0 Å². The number of rotatable bonds is 6. The molecule has 1 aromatic carbocycles. The van der Waals surface area contributed by atoms with Crippen LogP contribution in [-0.2, 0) is 6.42 Å². The second-order valence-electron chi connectivity index (χ2n) is 5.23. The molecule has 0 spiro atoms. The number of anilines is 1. The fourth-order valence-electron chi connectivity index (χ4n) is 2.20. The van der Waals surface area contributed by atoms with Gasteiger partial charge in [0.15, 0.2) is 5.82 Å². The highest BCUT2D eigenvalue weighted by Gasteiger charge is 2.16. The Morgan fingerprint density at radius 2 is 2.00 bits per heavy atom. The molecule has 0 N–H and O–H groups in total. The molecule has 0 aliphatic heterocycles. The zero-order valence-electron chi connectivity index (χ0n) is 12.6. The first-order valence-electron chi connectivity index (χ1n) is 7.28. The summed E-state index contributed by atoms with van der Waals surface area (Å²) >= 11 is 3.17. The van der Waals surface area contributed by atoms with Crippen LogP contribution in [0.4, 0.5) is 5.13 Å². The highest BCUT2D eigenvalue weighted by Crippen LogP contribution is 2.25. The molecule has 0 atom stereocenters. The van der Waals surface area contributed by atoms with Gasteiger partial charge in [0.1, 0.15) is 0 Å². The Morgan fingerprint density at radius 3 is 2.68 bits per heavy atom. The summed E-state index contributed by atoms with van der Waals surface area (Å²) in [5, 5.41) is 4.16. The van der Waals surface area contributed by atoms with Gasteiger partial charge in [0.2, 0.25) is 5.13 Å². The Bertz CT molecular complexity index is 692. The zero-order chi connectivity index (χ0) is 15.4. The molecule has 0 amide bonds. The minimum Gasteiger partial charge on any atom is -0.344 e. The molecule has 4 nitrogen and oxygen atoms in total. The van der Waals surface area contributed by atoms with E-state index in [-0.39, 0.29) is 0 Å². The predicted octanol–water partition coefficient (Wildman–Crippen LogP) is 4.12. The van der Waals surface area contributed by atoms with Crippen LogP contribution < -0.4 is 4.90 Å². The number of nitrogens with zero attached hydrogens (tertiary/aromatic N) is 4. The Hall–Kier alpha value is -1.79. The van der Waals surface area contributed by atoms with Crippen LogP contribution in [0.3, 0.4) is 0 Å². The molecule has 3 rings (SSSR count). The van der Waals surface area contributed by atoms with Crippen molar-refractivity contribution in [2.75, 3.05) is 11.4 Å². The van der Waals surface area contributed by atoms with E-state index in [1.165, 1.54) is 16.5 Å². The van der Waals surface area contributed by atoms with Crippen molar-refractivity contribution in [3.05, 3.63) is 46.9 Å². The minimum absolute atomic E-state index is 0.386. The first kappa shape index (κ1) is 15.1. The molecule has 0 aliphatic rings. The molecular weight excluding hydrogens is 312 g/mol. The van der Waals surface area contributed by atoms with Crippen LogP contribution in [-0.4, -0.2) is 26.9 Å². The van der Waals surface area contributed by atoms with Gasteiger partial charge >= 0.3 is 0 Å². The lowest BCUT2D eigenvalue weighted by molar-refractivity contribution is 0.676. The summed E-state index contributed by atoms with van der Waals surface area (Å²) < 4.78 is 4.51. The lowest BCUT2D eigenvalue weighted by atomic mass is 10.2. The van der Waals surface area contributed by atoms with Crippen LogP contribution in [0, 0.1) is 0 Å². The Kier molecular flexibility index (Phi) is 4.80. The lowest BCUT2D eigenvalue weighted by Gasteiger charge is -2.25. The van der Waals surface area contributed by atoms with E-state index in [0.29, 0.717) is 6.04 Å². The average Bonchev–Trinajstić information content (AvgIpc) is 3.20. The van der Waals surface area contributed by atoms with E-state index in [1.807, 2.05) is 41.9 Å². The number of benzene rings is 1. The monoisotopic (exact) mass is 330 g/mol. The maximum Gasteiger partial charge on any atom is 0.205 e. The van der Waals surface area contributed by atoms with Crippen molar-refractivity contribution in [3.63, 3.8) is 0 Å². The van der Waals surface area contributed by atoms with Gasteiger partial charge in [-0.05, 0) is 13.8 Å². The fourth-order valence-corrected chi connectivity index (χ4v) is 3.66. The zero-order valence-corrected chi connectivity index (χ0v) is 14.3. The smallest absolute Gasteiger partial charge is 0.205 e. The molecular formula is C16H18N4S2. The number of thiazole rings is 1. The van der Waals surface area contributed by atoms with Crippen LogP contribution in [0.15, 0.2) is 41.9 Å². The molecule has 3 aromatic rings. The van der Waals surface area contributed by atoms with Gasteiger partial charge < -0.3 is 4.90 Å². The summed E-state index contributed by atoms with van der Waals surface area (Å²) in [4.78, 5) is 11.4. The molecule has 6 heteroatoms. The van der Waals surface area contributed by atoms with Crippen molar-refractivity contribution >= 4 is 28.0 Å². The van der Waals surface area contributed by atoms with E-state index in [4.69, 9.17) is 4.98 Å². The maximum atomic E-state index is 4.72. The van der Waals surface area contributed by atoms with Gasteiger partial charge in [-0.1, -0.05) is 30.3 Å². The molecule has 0 saturated heterocycles. The molecule has 0 fully saturated rings. The molecule has 0 bridgehead atoms. The standard InChI is InChI=1S/C16H18N4S2/c1-12(2)20(10-8-14-17-9-11-21-14)16-18-15(19-22-16)13-6-4-3-5-7-13/h3-7,9,11-12H,8,10H2,1-2H3. The van der Waals surface area contributed by atoms with Gasteiger partial charge in [-0.25, -0.2) is 4.98 Å². The van der Waals surface area contributed by atoms with Crippen LogP contribution in [0.1, 0.15) is 18.9 Å². The summed E-state index contributed by atoms with van der Waals surface area (Å²) in [5.74, 6) is 0.806. The molecule has 2 heterocycles. The van der Waals surface area contributed by atoms with E-state index < -0.39 is 0 Å².